The highest BCUT2D eigenvalue weighted by Gasteiger charge is 2.23. The Hall–Kier alpha value is -2.87. The van der Waals surface area contributed by atoms with Crippen LogP contribution >= 0.6 is 19.2 Å². The number of halogens is 1. The van der Waals surface area contributed by atoms with Crippen LogP contribution in [-0.2, 0) is 17.5 Å². The second kappa shape index (κ2) is 13.7. The van der Waals surface area contributed by atoms with E-state index in [0.717, 1.165) is 46.6 Å². The molecule has 0 aliphatic heterocycles. The van der Waals surface area contributed by atoms with Crippen molar-refractivity contribution in [1.82, 2.24) is 9.99 Å². The molecule has 4 rings (SSSR count). The molecule has 0 aliphatic rings. The first-order valence-electron chi connectivity index (χ1n) is 13.7. The fourth-order valence-corrected chi connectivity index (χ4v) is 5.89. The molecule has 8 nitrogen and oxygen atoms in total. The highest BCUT2D eigenvalue weighted by molar-refractivity contribution is 7.51. The van der Waals surface area contributed by atoms with Gasteiger partial charge in [0, 0.05) is 22.3 Å². The van der Waals surface area contributed by atoms with Crippen molar-refractivity contribution in [3.05, 3.63) is 76.3 Å². The van der Waals surface area contributed by atoms with Crippen LogP contribution in [0.1, 0.15) is 66.9 Å². The van der Waals surface area contributed by atoms with E-state index in [1.54, 1.807) is 12.1 Å². The Labute approximate surface area is 239 Å². The number of benzene rings is 3. The van der Waals surface area contributed by atoms with Crippen molar-refractivity contribution in [2.75, 3.05) is 12.8 Å². The van der Waals surface area contributed by atoms with Gasteiger partial charge in [0.15, 0.2) is 0 Å². The zero-order chi connectivity index (χ0) is 28.7. The molecular formula is C30H37ClN3O5P. The van der Waals surface area contributed by atoms with Crippen molar-refractivity contribution in [2.24, 2.45) is 5.84 Å². The van der Waals surface area contributed by atoms with Crippen LogP contribution in [0.3, 0.4) is 0 Å². The van der Waals surface area contributed by atoms with Gasteiger partial charge in [-0.3, -0.25) is 14.8 Å². The zero-order valence-electron chi connectivity index (χ0n) is 22.7. The Morgan fingerprint density at radius 1 is 1.00 bits per heavy atom. The van der Waals surface area contributed by atoms with E-state index in [1.807, 2.05) is 36.4 Å². The molecule has 1 heterocycles. The maximum Gasteiger partial charge on any atom is 0.325 e. The molecule has 3 aromatic carbocycles. The van der Waals surface area contributed by atoms with Gasteiger partial charge in [-0.05, 0) is 54.7 Å². The topological polar surface area (TPSA) is 127 Å². The summed E-state index contributed by atoms with van der Waals surface area (Å²) in [5.41, 5.74) is 6.68. The highest BCUT2D eigenvalue weighted by Crippen LogP contribution is 2.40. The van der Waals surface area contributed by atoms with Gasteiger partial charge < -0.3 is 19.1 Å². The van der Waals surface area contributed by atoms with Gasteiger partial charge in [-0.1, -0.05) is 74.5 Å². The number of nitrogen functional groups attached to an aromatic ring is 1. The van der Waals surface area contributed by atoms with Gasteiger partial charge in [0.1, 0.15) is 5.75 Å². The molecule has 0 saturated heterocycles. The number of hydrogen-bond donors (Lipinski definition) is 4. The maximum atomic E-state index is 12.9. The smallest absolute Gasteiger partial charge is 0.325 e. The Morgan fingerprint density at radius 2 is 1.75 bits per heavy atom. The number of amides is 1. The number of para-hydroxylation sites is 1. The highest BCUT2D eigenvalue weighted by atomic mass is 35.5. The van der Waals surface area contributed by atoms with E-state index in [-0.39, 0.29) is 19.2 Å². The third-order valence-electron chi connectivity index (χ3n) is 7.10. The number of fused-ring (bicyclic) bond motifs is 3. The number of carbonyl (C=O) groups excluding carboxylic acids is 1. The minimum absolute atomic E-state index is 0.120. The largest absolute Gasteiger partial charge is 0.491 e. The molecule has 214 valence electrons. The van der Waals surface area contributed by atoms with Crippen molar-refractivity contribution in [2.45, 2.75) is 58.4 Å². The van der Waals surface area contributed by atoms with Crippen molar-refractivity contribution in [3.63, 3.8) is 0 Å². The molecule has 5 N–H and O–H groups in total. The number of carbonyl (C=O) groups is 1. The molecule has 10 heteroatoms. The Balaban J connectivity index is 1.89. The van der Waals surface area contributed by atoms with Gasteiger partial charge in [-0.25, -0.2) is 5.84 Å². The van der Waals surface area contributed by atoms with Crippen LogP contribution < -0.4 is 16.0 Å². The summed E-state index contributed by atoms with van der Waals surface area (Å²) < 4.78 is 19.7. The molecule has 0 aliphatic carbocycles. The summed E-state index contributed by atoms with van der Waals surface area (Å²) in [6.07, 6.45) is 6.65. The van der Waals surface area contributed by atoms with Gasteiger partial charge in [0.25, 0.3) is 5.91 Å². The molecule has 0 bridgehead atoms. The first kappa shape index (κ1) is 30.1. The van der Waals surface area contributed by atoms with E-state index in [1.165, 1.54) is 24.8 Å². The summed E-state index contributed by atoms with van der Waals surface area (Å²) in [5, 5.41) is 2.30. The molecule has 0 saturated carbocycles. The Bertz CT molecular complexity index is 1510. The summed E-state index contributed by atoms with van der Waals surface area (Å²) in [5.74, 6) is 5.70. The number of aromatic nitrogens is 1. The number of nitrogens with zero attached hydrogens (tertiary/aromatic N) is 1. The molecular weight excluding hydrogens is 549 g/mol. The van der Waals surface area contributed by atoms with Crippen LogP contribution in [0.2, 0.25) is 5.02 Å². The molecule has 4 aromatic rings. The summed E-state index contributed by atoms with van der Waals surface area (Å²) >= 11 is 6.16. The molecule has 0 atom stereocenters. The summed E-state index contributed by atoms with van der Waals surface area (Å²) in [7, 11) is -4.13. The molecule has 40 heavy (non-hydrogen) atoms. The van der Waals surface area contributed by atoms with Crippen LogP contribution in [0.25, 0.3) is 21.8 Å². The predicted octanol–water partition coefficient (Wildman–Crippen LogP) is 6.56. The van der Waals surface area contributed by atoms with E-state index in [0.29, 0.717) is 22.9 Å². The third-order valence-corrected chi connectivity index (χ3v) is 8.25. The average molecular weight is 586 g/mol. The van der Waals surface area contributed by atoms with Crippen LogP contribution in [0.4, 0.5) is 0 Å². The fraction of sp³-hybridized carbons (Fsp3) is 0.367. The lowest BCUT2D eigenvalue weighted by Crippen LogP contribution is -2.30. The minimum atomic E-state index is -4.13. The number of nitrogens with two attached hydrogens (primary N) is 1. The van der Waals surface area contributed by atoms with Crippen molar-refractivity contribution in [3.8, 4) is 5.75 Å². The van der Waals surface area contributed by atoms with Gasteiger partial charge in [0.2, 0.25) is 0 Å². The van der Waals surface area contributed by atoms with E-state index >= 15 is 0 Å². The van der Waals surface area contributed by atoms with Crippen molar-refractivity contribution in [1.29, 1.82) is 0 Å². The quantitative estimate of drug-likeness (QED) is 0.0436. The minimum Gasteiger partial charge on any atom is -0.491 e. The molecule has 0 radical (unpaired) electrons. The SMILES string of the molecule is CCCCCCCc1cccc2c3c(C(=O)NN)ccc(OCCCP(=O)(O)O)c3n(Cc3ccc(Cl)cc3)c12. The lowest BCUT2D eigenvalue weighted by Gasteiger charge is -2.15. The van der Waals surface area contributed by atoms with Gasteiger partial charge >= 0.3 is 7.60 Å². The second-order valence-electron chi connectivity index (χ2n) is 10.1. The molecule has 1 amide bonds. The molecule has 1 aromatic heterocycles. The monoisotopic (exact) mass is 585 g/mol. The number of nitrogens with one attached hydrogen (secondary N) is 1. The van der Waals surface area contributed by atoms with Gasteiger partial charge in [-0.2, -0.15) is 0 Å². The third kappa shape index (κ3) is 7.25. The van der Waals surface area contributed by atoms with Gasteiger partial charge in [0.05, 0.1) is 29.4 Å². The van der Waals surface area contributed by atoms with E-state index in [9.17, 15) is 19.1 Å². The number of ether oxygens (including phenoxy) is 1. The number of hydrogen-bond acceptors (Lipinski definition) is 4. The Morgan fingerprint density at radius 3 is 2.45 bits per heavy atom. The molecule has 0 unspecified atom stereocenters. The van der Waals surface area contributed by atoms with Crippen LogP contribution in [0.5, 0.6) is 5.75 Å². The summed E-state index contributed by atoms with van der Waals surface area (Å²) in [6.45, 7) is 2.84. The normalized spacial score (nSPS) is 11.8. The van der Waals surface area contributed by atoms with Crippen molar-refractivity contribution < 1.29 is 23.9 Å². The summed E-state index contributed by atoms with van der Waals surface area (Å²) in [6, 6.07) is 17.3. The predicted molar refractivity (Wildman–Crippen MR) is 161 cm³/mol. The average Bonchev–Trinajstić information content (AvgIpc) is 3.26. The second-order valence-corrected chi connectivity index (χ2v) is 12.3. The first-order chi connectivity index (χ1) is 19.2. The number of rotatable bonds is 14. The maximum absolute atomic E-state index is 12.9. The zero-order valence-corrected chi connectivity index (χ0v) is 24.4. The van der Waals surface area contributed by atoms with E-state index in [4.69, 9.17) is 22.2 Å². The van der Waals surface area contributed by atoms with Crippen LogP contribution in [0, 0.1) is 0 Å². The van der Waals surface area contributed by atoms with E-state index in [2.05, 4.69) is 23.0 Å². The standard InChI is InChI=1S/C30H37ClN3O5P/c1-2-3-4-5-6-9-22-10-7-11-24-27-25(30(35)33-32)16-17-26(39-18-8-19-40(36,37)38)29(27)34(28(22)24)20-21-12-14-23(31)15-13-21/h7,10-17H,2-6,8-9,18-20,32H2,1H3,(H,33,35)(H2,36,37,38). The first-order valence-corrected chi connectivity index (χ1v) is 15.9. The lowest BCUT2D eigenvalue weighted by atomic mass is 10.0. The molecule has 0 spiro atoms. The summed E-state index contributed by atoms with van der Waals surface area (Å²) in [4.78, 5) is 31.5. The lowest BCUT2D eigenvalue weighted by molar-refractivity contribution is 0.0955. The number of unbranched alkanes of at least 4 members (excludes halogenated alkanes) is 4. The molecule has 0 fully saturated rings. The Kier molecular flexibility index (Phi) is 10.3. The fourth-order valence-electron chi connectivity index (χ4n) is 5.22. The van der Waals surface area contributed by atoms with Gasteiger partial charge in [-0.15, -0.1) is 0 Å². The van der Waals surface area contributed by atoms with Crippen LogP contribution in [0.15, 0.2) is 54.6 Å². The van der Waals surface area contributed by atoms with Crippen molar-refractivity contribution >= 4 is 46.9 Å². The number of aryl methyl sites for hydroxylation is 1. The number of hydrazine groups is 1. The van der Waals surface area contributed by atoms with Crippen LogP contribution in [-0.4, -0.2) is 33.0 Å². The van der Waals surface area contributed by atoms with E-state index < -0.39 is 13.5 Å².